The minimum atomic E-state index is -4.91. The van der Waals surface area contributed by atoms with Crippen molar-refractivity contribution in [2.45, 2.75) is 84.5 Å². The third kappa shape index (κ3) is 5.26. The summed E-state index contributed by atoms with van der Waals surface area (Å²) in [6.45, 7) is 6.32. The molecule has 0 unspecified atom stereocenters. The Morgan fingerprint density at radius 2 is 1.71 bits per heavy atom. The van der Waals surface area contributed by atoms with E-state index in [0.717, 1.165) is 32.1 Å². The van der Waals surface area contributed by atoms with Gasteiger partial charge in [-0.2, -0.15) is 26.3 Å². The maximum absolute atomic E-state index is 13.6. The fraction of sp³-hybridized carbons (Fsp3) is 0.655. The van der Waals surface area contributed by atoms with Gasteiger partial charge >= 0.3 is 12.4 Å². The van der Waals surface area contributed by atoms with Crippen molar-refractivity contribution in [2.24, 2.45) is 34.5 Å². The lowest BCUT2D eigenvalue weighted by Crippen LogP contribution is -2.48. The van der Waals surface area contributed by atoms with E-state index in [1.54, 1.807) is 6.08 Å². The predicted molar refractivity (Wildman–Crippen MR) is 132 cm³/mol. The van der Waals surface area contributed by atoms with Crippen molar-refractivity contribution in [1.29, 1.82) is 0 Å². The van der Waals surface area contributed by atoms with E-state index >= 15 is 0 Å². The number of alkyl halides is 6. The largest absolute Gasteiger partial charge is 0.418 e. The topological polar surface area (TPSA) is 46.2 Å². The fourth-order valence-electron chi connectivity index (χ4n) is 7.72. The lowest BCUT2D eigenvalue weighted by molar-refractivity contribution is -0.141. The lowest BCUT2D eigenvalue weighted by Gasteiger charge is -2.53. The molecule has 1 aromatic carbocycles. The van der Waals surface area contributed by atoms with Crippen LogP contribution in [0.2, 0.25) is 0 Å². The lowest BCUT2D eigenvalue weighted by atomic mass is 9.51. The third-order valence-electron chi connectivity index (χ3n) is 9.69. The van der Waals surface area contributed by atoms with Crippen molar-refractivity contribution in [3.8, 4) is 0 Å². The summed E-state index contributed by atoms with van der Waals surface area (Å²) in [7, 11) is 0. The quantitative estimate of drug-likeness (QED) is 0.379. The standard InChI is InChI=1S/C29H35F6NO2/c1-4-5-19-20(26(2)13-10-18(37)11-14-26)12-15-27(3)21(19)8-9-23(27)25(38)36-24-16-17(28(30,31)32)6-7-22(24)29(33,34)35/h6-7,10,13,16,19-21,23H,4-5,8-9,11-12,14-15H2,1-3H3,(H,36,38)/t19-,20+,21+,23-,26-,27+/m1/s1. The molecule has 3 aliphatic rings. The van der Waals surface area contributed by atoms with Crippen molar-refractivity contribution in [3.63, 3.8) is 0 Å². The first-order chi connectivity index (χ1) is 17.6. The zero-order chi connectivity index (χ0) is 28.1. The number of anilines is 1. The normalized spacial score (nSPS) is 33.8. The average molecular weight is 544 g/mol. The van der Waals surface area contributed by atoms with Crippen LogP contribution < -0.4 is 5.32 Å². The van der Waals surface area contributed by atoms with Crippen LogP contribution in [0, 0.1) is 34.5 Å². The summed E-state index contributed by atoms with van der Waals surface area (Å²) >= 11 is 0. The Morgan fingerprint density at radius 3 is 2.29 bits per heavy atom. The molecular weight excluding hydrogens is 508 g/mol. The van der Waals surface area contributed by atoms with Gasteiger partial charge in [0.1, 0.15) is 0 Å². The van der Waals surface area contributed by atoms with Gasteiger partial charge in [0.05, 0.1) is 16.8 Å². The first-order valence-corrected chi connectivity index (χ1v) is 13.4. The van der Waals surface area contributed by atoms with Crippen LogP contribution in [0.5, 0.6) is 0 Å². The number of carbonyl (C=O) groups is 2. The van der Waals surface area contributed by atoms with E-state index < -0.39 is 46.4 Å². The smallest absolute Gasteiger partial charge is 0.325 e. The third-order valence-corrected chi connectivity index (χ3v) is 9.69. The number of ketones is 1. The number of hydrogen-bond acceptors (Lipinski definition) is 2. The van der Waals surface area contributed by atoms with E-state index in [1.807, 2.05) is 13.0 Å². The van der Waals surface area contributed by atoms with E-state index in [4.69, 9.17) is 0 Å². The number of allylic oxidation sites excluding steroid dienone is 2. The molecule has 2 fully saturated rings. The molecule has 0 saturated heterocycles. The highest BCUT2D eigenvalue weighted by Gasteiger charge is 2.58. The maximum atomic E-state index is 13.6. The Hall–Kier alpha value is -2.32. The molecule has 0 bridgehead atoms. The van der Waals surface area contributed by atoms with Crippen LogP contribution in [0.1, 0.15) is 83.3 Å². The Labute approximate surface area is 219 Å². The number of rotatable bonds is 5. The molecule has 4 rings (SSSR count). The number of nitrogens with one attached hydrogen (secondary N) is 1. The molecule has 0 spiro atoms. The van der Waals surface area contributed by atoms with Gasteiger partial charge in [-0.15, -0.1) is 0 Å². The number of carbonyl (C=O) groups excluding carboxylic acids is 2. The Kier molecular flexibility index (Phi) is 7.56. The van der Waals surface area contributed by atoms with Crippen LogP contribution in [0.4, 0.5) is 32.0 Å². The Morgan fingerprint density at radius 1 is 1.00 bits per heavy atom. The summed E-state index contributed by atoms with van der Waals surface area (Å²) < 4.78 is 80.6. The maximum Gasteiger partial charge on any atom is 0.418 e. The van der Waals surface area contributed by atoms with Crippen molar-refractivity contribution in [2.75, 3.05) is 5.32 Å². The SMILES string of the molecule is CCC[C@H]1[C@@H]2CC[C@H](C(=O)Nc3cc(C(F)(F)F)ccc3C(F)(F)F)[C@@]2(C)CC[C@@H]1[C@]1(C)C=CC(=O)CC1. The minimum Gasteiger partial charge on any atom is -0.325 e. The number of fused-ring (bicyclic) bond motifs is 1. The number of hydrogen-bond donors (Lipinski definition) is 1. The molecule has 0 heterocycles. The molecule has 0 radical (unpaired) electrons. The first kappa shape index (κ1) is 28.7. The zero-order valence-corrected chi connectivity index (χ0v) is 21.9. The summed E-state index contributed by atoms with van der Waals surface area (Å²) in [5.74, 6) is -0.336. The molecule has 9 heteroatoms. The van der Waals surface area contributed by atoms with Gasteiger partial charge < -0.3 is 5.32 Å². The molecule has 6 atom stereocenters. The van der Waals surface area contributed by atoms with Gasteiger partial charge in [-0.05, 0) is 85.0 Å². The van der Waals surface area contributed by atoms with Gasteiger partial charge in [0.15, 0.2) is 5.78 Å². The molecule has 3 nitrogen and oxygen atoms in total. The van der Waals surface area contributed by atoms with Crippen LogP contribution in [0.3, 0.4) is 0 Å². The molecule has 210 valence electrons. The van der Waals surface area contributed by atoms with E-state index in [9.17, 15) is 35.9 Å². The second kappa shape index (κ2) is 10.0. The summed E-state index contributed by atoms with van der Waals surface area (Å²) in [6.07, 6.45) is -0.111. The molecule has 1 N–H and O–H groups in total. The van der Waals surface area contributed by atoms with Crippen LogP contribution in [0.25, 0.3) is 0 Å². The van der Waals surface area contributed by atoms with Gasteiger partial charge in [-0.25, -0.2) is 0 Å². The summed E-state index contributed by atoms with van der Waals surface area (Å²) in [4.78, 5) is 25.3. The van der Waals surface area contributed by atoms with Crippen LogP contribution >= 0.6 is 0 Å². The highest BCUT2D eigenvalue weighted by atomic mass is 19.4. The van der Waals surface area contributed by atoms with Gasteiger partial charge in [-0.1, -0.05) is 39.7 Å². The molecule has 38 heavy (non-hydrogen) atoms. The fourth-order valence-corrected chi connectivity index (χ4v) is 7.72. The van der Waals surface area contributed by atoms with Crippen molar-refractivity contribution < 1.29 is 35.9 Å². The number of benzene rings is 1. The summed E-state index contributed by atoms with van der Waals surface area (Å²) in [6, 6.07) is 1.14. The Balaban J connectivity index is 1.61. The average Bonchev–Trinajstić information content (AvgIpc) is 3.17. The minimum absolute atomic E-state index is 0.126. The van der Waals surface area contributed by atoms with Crippen molar-refractivity contribution >= 4 is 17.4 Å². The first-order valence-electron chi connectivity index (χ1n) is 13.4. The monoisotopic (exact) mass is 543 g/mol. The van der Waals surface area contributed by atoms with E-state index in [-0.39, 0.29) is 17.1 Å². The molecular formula is C29H35F6NO2. The summed E-state index contributed by atoms with van der Waals surface area (Å²) in [5, 5.41) is 2.26. The number of halogens is 6. The van der Waals surface area contributed by atoms with Crippen LogP contribution in [-0.2, 0) is 21.9 Å². The van der Waals surface area contributed by atoms with E-state index in [2.05, 4.69) is 19.2 Å². The second-order valence-corrected chi connectivity index (χ2v) is 11.9. The summed E-state index contributed by atoms with van der Waals surface area (Å²) in [5.41, 5.74) is -3.99. The highest BCUT2D eigenvalue weighted by Crippen LogP contribution is 2.63. The predicted octanol–water partition coefficient (Wildman–Crippen LogP) is 8.45. The molecule has 1 aromatic rings. The molecule has 0 aromatic heterocycles. The van der Waals surface area contributed by atoms with Gasteiger partial charge in [0.2, 0.25) is 5.91 Å². The molecule has 2 saturated carbocycles. The zero-order valence-electron chi connectivity index (χ0n) is 21.9. The van der Waals surface area contributed by atoms with Crippen LogP contribution in [-0.4, -0.2) is 11.7 Å². The van der Waals surface area contributed by atoms with E-state index in [0.29, 0.717) is 49.3 Å². The van der Waals surface area contributed by atoms with Gasteiger partial charge in [0, 0.05) is 12.3 Å². The van der Waals surface area contributed by atoms with E-state index in [1.165, 1.54) is 0 Å². The number of amides is 1. The molecule has 1 amide bonds. The highest BCUT2D eigenvalue weighted by molar-refractivity contribution is 5.94. The van der Waals surface area contributed by atoms with Crippen molar-refractivity contribution in [1.82, 2.24) is 0 Å². The van der Waals surface area contributed by atoms with Gasteiger partial charge in [0.25, 0.3) is 0 Å². The Bertz CT molecular complexity index is 1110. The van der Waals surface area contributed by atoms with Crippen LogP contribution in [0.15, 0.2) is 30.4 Å². The second-order valence-electron chi connectivity index (χ2n) is 11.9. The molecule has 3 aliphatic carbocycles. The van der Waals surface area contributed by atoms with Gasteiger partial charge in [-0.3, -0.25) is 9.59 Å². The van der Waals surface area contributed by atoms with Crippen molar-refractivity contribution in [3.05, 3.63) is 41.5 Å². The molecule has 0 aliphatic heterocycles.